The van der Waals surface area contributed by atoms with E-state index in [0.717, 1.165) is 23.1 Å². The highest BCUT2D eigenvalue weighted by molar-refractivity contribution is 7.99. The minimum absolute atomic E-state index is 0.0762. The van der Waals surface area contributed by atoms with Crippen LogP contribution in [0.3, 0.4) is 0 Å². The Morgan fingerprint density at radius 1 is 1.35 bits per heavy atom. The molecule has 0 fully saturated rings. The van der Waals surface area contributed by atoms with Gasteiger partial charge in [-0.2, -0.15) is 0 Å². The minimum Gasteiger partial charge on any atom is -0.396 e. The fourth-order valence-corrected chi connectivity index (χ4v) is 4.73. The van der Waals surface area contributed by atoms with Crippen molar-refractivity contribution in [2.45, 2.75) is 37.3 Å². The Morgan fingerprint density at radius 3 is 3.00 bits per heavy atom. The number of hydrogen-bond acceptors (Lipinski definition) is 7. The number of carbonyl (C=O) groups excluding carboxylic acids is 1. The van der Waals surface area contributed by atoms with E-state index < -0.39 is 0 Å². The van der Waals surface area contributed by atoms with Crippen LogP contribution in [0, 0.1) is 0 Å². The summed E-state index contributed by atoms with van der Waals surface area (Å²) in [5.74, 6) is 0.690. The lowest BCUT2D eigenvalue weighted by molar-refractivity contribution is -0.118. The van der Waals surface area contributed by atoms with Gasteiger partial charge in [0.2, 0.25) is 5.91 Å². The standard InChI is InChI=1S/C15H20N4O2S2/c16-13-12-9-4-1-2-5-10(9)23-14(12)19-15(18-13)22-8-11(21)17-6-3-7-20/h20H,1-8H2,(H,17,21)(H2,16,18,19). The molecule has 0 saturated carbocycles. The Morgan fingerprint density at radius 2 is 2.17 bits per heavy atom. The number of fused-ring (bicyclic) bond motifs is 3. The second kappa shape index (κ2) is 7.46. The maximum atomic E-state index is 11.7. The third kappa shape index (κ3) is 3.76. The van der Waals surface area contributed by atoms with Gasteiger partial charge < -0.3 is 16.2 Å². The van der Waals surface area contributed by atoms with Crippen LogP contribution in [0.4, 0.5) is 5.82 Å². The van der Waals surface area contributed by atoms with E-state index in [-0.39, 0.29) is 18.3 Å². The molecule has 2 aromatic heterocycles. The maximum absolute atomic E-state index is 11.7. The van der Waals surface area contributed by atoms with Gasteiger partial charge in [0.25, 0.3) is 0 Å². The average Bonchev–Trinajstić information content (AvgIpc) is 2.92. The Kier molecular flexibility index (Phi) is 5.34. The molecule has 0 aliphatic heterocycles. The molecular weight excluding hydrogens is 332 g/mol. The van der Waals surface area contributed by atoms with Crippen LogP contribution >= 0.6 is 23.1 Å². The topological polar surface area (TPSA) is 101 Å². The zero-order valence-corrected chi connectivity index (χ0v) is 14.4. The van der Waals surface area contributed by atoms with E-state index in [0.29, 0.717) is 23.9 Å². The summed E-state index contributed by atoms with van der Waals surface area (Å²) in [6.07, 6.45) is 5.15. The molecule has 0 unspecified atom stereocenters. The lowest BCUT2D eigenvalue weighted by Gasteiger charge is -2.10. The van der Waals surface area contributed by atoms with E-state index in [9.17, 15) is 4.79 Å². The van der Waals surface area contributed by atoms with Gasteiger partial charge in [-0.05, 0) is 37.7 Å². The van der Waals surface area contributed by atoms with Crippen LogP contribution in [0.2, 0.25) is 0 Å². The molecule has 1 aliphatic rings. The summed E-state index contributed by atoms with van der Waals surface area (Å²) in [6.45, 7) is 0.558. The normalized spacial score (nSPS) is 14.0. The molecule has 124 valence electrons. The zero-order chi connectivity index (χ0) is 16.2. The van der Waals surface area contributed by atoms with Gasteiger partial charge in [0.15, 0.2) is 5.16 Å². The van der Waals surface area contributed by atoms with Gasteiger partial charge in [-0.3, -0.25) is 4.79 Å². The predicted molar refractivity (Wildman–Crippen MR) is 93.9 cm³/mol. The number of aryl methyl sites for hydroxylation is 2. The Hall–Kier alpha value is -1.38. The number of aliphatic hydroxyl groups is 1. The first-order valence-electron chi connectivity index (χ1n) is 7.77. The number of aliphatic hydroxyl groups excluding tert-OH is 1. The Labute approximate surface area is 142 Å². The van der Waals surface area contributed by atoms with Crippen LogP contribution in [-0.2, 0) is 17.6 Å². The predicted octanol–water partition coefficient (Wildman–Crippen LogP) is 1.74. The number of nitrogens with one attached hydrogen (secondary N) is 1. The largest absolute Gasteiger partial charge is 0.396 e. The van der Waals surface area contributed by atoms with Crippen molar-refractivity contribution in [3.63, 3.8) is 0 Å². The second-order valence-electron chi connectivity index (χ2n) is 5.50. The molecule has 0 saturated heterocycles. The number of nitrogens with two attached hydrogens (primary N) is 1. The minimum atomic E-state index is -0.0869. The van der Waals surface area contributed by atoms with Crippen LogP contribution in [-0.4, -0.2) is 39.9 Å². The van der Waals surface area contributed by atoms with Crippen LogP contribution in [0.25, 0.3) is 10.2 Å². The highest BCUT2D eigenvalue weighted by atomic mass is 32.2. The van der Waals surface area contributed by atoms with Gasteiger partial charge >= 0.3 is 0 Å². The number of hydrogen-bond donors (Lipinski definition) is 3. The quantitative estimate of drug-likeness (QED) is 0.416. The molecule has 2 aromatic rings. The monoisotopic (exact) mass is 352 g/mol. The number of aromatic nitrogens is 2. The number of thioether (sulfide) groups is 1. The molecule has 0 aromatic carbocycles. The molecule has 0 atom stereocenters. The average molecular weight is 352 g/mol. The number of rotatable bonds is 6. The molecule has 6 nitrogen and oxygen atoms in total. The van der Waals surface area contributed by atoms with Gasteiger partial charge in [-0.25, -0.2) is 9.97 Å². The molecule has 8 heteroatoms. The van der Waals surface area contributed by atoms with Gasteiger partial charge in [-0.15, -0.1) is 11.3 Å². The van der Waals surface area contributed by atoms with Crippen molar-refractivity contribution >= 4 is 45.0 Å². The summed E-state index contributed by atoms with van der Waals surface area (Å²) in [5, 5.41) is 13.0. The highest BCUT2D eigenvalue weighted by Gasteiger charge is 2.20. The molecule has 3 rings (SSSR count). The highest BCUT2D eigenvalue weighted by Crippen LogP contribution is 2.38. The summed E-state index contributed by atoms with van der Waals surface area (Å²) in [6, 6.07) is 0. The zero-order valence-electron chi connectivity index (χ0n) is 12.8. The Balaban J connectivity index is 1.71. The maximum Gasteiger partial charge on any atom is 0.230 e. The number of anilines is 1. The van der Waals surface area contributed by atoms with Gasteiger partial charge in [0, 0.05) is 18.0 Å². The molecule has 2 heterocycles. The van der Waals surface area contributed by atoms with Gasteiger partial charge in [-0.1, -0.05) is 11.8 Å². The van der Waals surface area contributed by atoms with E-state index in [4.69, 9.17) is 10.8 Å². The molecule has 1 aliphatic carbocycles. The first-order chi connectivity index (χ1) is 11.2. The second-order valence-corrected chi connectivity index (χ2v) is 7.52. The van der Waals surface area contributed by atoms with Crippen molar-refractivity contribution < 1.29 is 9.90 Å². The van der Waals surface area contributed by atoms with Crippen LogP contribution in [0.15, 0.2) is 5.16 Å². The smallest absolute Gasteiger partial charge is 0.230 e. The van der Waals surface area contributed by atoms with Gasteiger partial charge in [0.05, 0.1) is 11.1 Å². The van der Waals surface area contributed by atoms with Crippen LogP contribution in [0.5, 0.6) is 0 Å². The molecule has 23 heavy (non-hydrogen) atoms. The van der Waals surface area contributed by atoms with E-state index >= 15 is 0 Å². The van der Waals surface area contributed by atoms with Crippen LogP contribution < -0.4 is 11.1 Å². The van der Waals surface area contributed by atoms with Crippen molar-refractivity contribution in [3.8, 4) is 0 Å². The summed E-state index contributed by atoms with van der Waals surface area (Å²) < 4.78 is 0. The SMILES string of the molecule is Nc1nc(SCC(=O)NCCCO)nc2sc3c(c12)CCCC3. The summed E-state index contributed by atoms with van der Waals surface area (Å²) in [5.41, 5.74) is 7.47. The fourth-order valence-electron chi connectivity index (χ4n) is 2.72. The fraction of sp³-hybridized carbons (Fsp3) is 0.533. The summed E-state index contributed by atoms with van der Waals surface area (Å²) >= 11 is 3.00. The van der Waals surface area contributed by atoms with E-state index in [1.807, 2.05) is 0 Å². The van der Waals surface area contributed by atoms with Crippen molar-refractivity contribution in [1.82, 2.24) is 15.3 Å². The lowest BCUT2D eigenvalue weighted by atomic mass is 9.97. The summed E-state index contributed by atoms with van der Waals surface area (Å²) in [7, 11) is 0. The number of carbonyl (C=O) groups is 1. The molecule has 1 amide bonds. The number of thiophene rings is 1. The first kappa shape index (κ1) is 16.5. The van der Waals surface area contributed by atoms with Crippen molar-refractivity contribution in [2.24, 2.45) is 0 Å². The van der Waals surface area contributed by atoms with Crippen molar-refractivity contribution in [1.29, 1.82) is 0 Å². The third-order valence-electron chi connectivity index (χ3n) is 3.81. The van der Waals surface area contributed by atoms with E-state index in [1.54, 1.807) is 11.3 Å². The molecule has 0 spiro atoms. The number of nitrogens with zero attached hydrogens (tertiary/aromatic N) is 2. The Bertz CT molecular complexity index is 717. The van der Waals surface area contributed by atoms with Crippen molar-refractivity contribution in [3.05, 3.63) is 10.4 Å². The summed E-state index contributed by atoms with van der Waals surface area (Å²) in [4.78, 5) is 23.0. The van der Waals surface area contributed by atoms with E-state index in [1.165, 1.54) is 35.0 Å². The van der Waals surface area contributed by atoms with Crippen molar-refractivity contribution in [2.75, 3.05) is 24.6 Å². The molecule has 0 bridgehead atoms. The van der Waals surface area contributed by atoms with E-state index in [2.05, 4.69) is 15.3 Å². The molecule has 0 radical (unpaired) electrons. The van der Waals surface area contributed by atoms with Crippen LogP contribution in [0.1, 0.15) is 29.7 Å². The third-order valence-corrected chi connectivity index (χ3v) is 5.84. The molecular formula is C15H20N4O2S2. The first-order valence-corrected chi connectivity index (χ1v) is 9.57. The molecule has 4 N–H and O–H groups in total. The lowest BCUT2D eigenvalue weighted by Crippen LogP contribution is -2.26. The number of nitrogen functional groups attached to an aromatic ring is 1. The number of amides is 1. The van der Waals surface area contributed by atoms with Gasteiger partial charge in [0.1, 0.15) is 10.6 Å².